The molecule has 0 aromatic heterocycles. The maximum Gasteiger partial charge on any atom is 0.472 e. The van der Waals surface area contributed by atoms with Gasteiger partial charge in [-0.15, -0.1) is 0 Å². The number of rotatable bonds is 77. The molecular weight excluding hydrogens is 1260 g/mol. The van der Waals surface area contributed by atoms with Crippen LogP contribution in [0.5, 0.6) is 0 Å². The van der Waals surface area contributed by atoms with Gasteiger partial charge in [-0.05, 0) is 31.6 Å². The minimum atomic E-state index is -4.96. The molecule has 570 valence electrons. The molecule has 0 radical (unpaired) electrons. The highest BCUT2D eigenvalue weighted by molar-refractivity contribution is 7.47. The fraction of sp³-hybridized carbons (Fsp3) is 0.948. The molecule has 0 aliphatic heterocycles. The van der Waals surface area contributed by atoms with Gasteiger partial charge in [-0.1, -0.05) is 356 Å². The van der Waals surface area contributed by atoms with Gasteiger partial charge in [0.2, 0.25) is 0 Å². The van der Waals surface area contributed by atoms with Crippen molar-refractivity contribution in [2.75, 3.05) is 39.6 Å². The first-order valence-corrected chi connectivity index (χ1v) is 43.1. The van der Waals surface area contributed by atoms with Crippen LogP contribution in [0.2, 0.25) is 0 Å². The third kappa shape index (κ3) is 70.5. The SMILES string of the molecule is CCCCCCCCCCCCCCCC(=O)OC[C@H](COP(=O)(O)OC[C@@H](O)COP(=O)(O)OC[C@@H](COC(=O)CCCCCCCCCCCCCC)OC(=O)CCCCCCCCCCCCCC)OC(=O)CCCCCCCCCCCCCCCCCCC(C)C. The monoisotopic (exact) mass is 1410 g/mol. The zero-order valence-corrected chi connectivity index (χ0v) is 64.3. The number of phosphoric ester groups is 2. The van der Waals surface area contributed by atoms with E-state index in [4.69, 9.17) is 37.0 Å². The average Bonchev–Trinajstić information content (AvgIpc) is 1.17. The lowest BCUT2D eigenvalue weighted by Crippen LogP contribution is -2.30. The molecule has 0 aliphatic rings. The van der Waals surface area contributed by atoms with Crippen LogP contribution in [0.1, 0.15) is 407 Å². The summed E-state index contributed by atoms with van der Waals surface area (Å²) in [6, 6.07) is 0. The minimum Gasteiger partial charge on any atom is -0.462 e. The summed E-state index contributed by atoms with van der Waals surface area (Å²) >= 11 is 0. The standard InChI is InChI=1S/C77H150O17P2/c1-6-9-12-15-18-21-24-31-37-41-46-51-56-61-75(80)88-67-73(94-77(82)63-58-53-48-43-38-33-30-28-27-29-32-34-39-44-49-54-59-70(4)5)69-92-96(85,86)90-65-71(78)64-89-95(83,84)91-68-72(93-76(81)62-57-52-47-42-36-26-23-20-17-14-11-8-3)66-87-74(79)60-55-50-45-40-35-25-22-19-16-13-10-7-2/h70-73,78H,6-69H2,1-5H3,(H,83,84)(H,85,86)/t71-,72+,73+/m0/s1. The zero-order chi connectivity index (χ0) is 70.5. The fourth-order valence-corrected chi connectivity index (χ4v) is 13.5. The Morgan fingerprint density at radius 3 is 0.708 bits per heavy atom. The predicted octanol–water partition coefficient (Wildman–Crippen LogP) is 22.9. The second kappa shape index (κ2) is 70.1. The molecular formula is C77H150O17P2. The number of ether oxygens (including phenoxy) is 4. The molecule has 0 saturated carbocycles. The van der Waals surface area contributed by atoms with Crippen molar-refractivity contribution in [3.05, 3.63) is 0 Å². The molecule has 0 spiro atoms. The number of hydrogen-bond acceptors (Lipinski definition) is 15. The molecule has 0 aliphatic carbocycles. The van der Waals surface area contributed by atoms with Crippen molar-refractivity contribution in [2.45, 2.75) is 425 Å². The lowest BCUT2D eigenvalue weighted by molar-refractivity contribution is -0.161. The van der Waals surface area contributed by atoms with Crippen molar-refractivity contribution in [1.82, 2.24) is 0 Å². The molecule has 17 nitrogen and oxygen atoms in total. The van der Waals surface area contributed by atoms with Crippen LogP contribution >= 0.6 is 15.6 Å². The van der Waals surface area contributed by atoms with E-state index in [0.717, 1.165) is 95.8 Å². The van der Waals surface area contributed by atoms with Crippen LogP contribution in [0.25, 0.3) is 0 Å². The van der Waals surface area contributed by atoms with E-state index in [0.29, 0.717) is 25.7 Å². The van der Waals surface area contributed by atoms with Gasteiger partial charge in [0.15, 0.2) is 12.2 Å². The Balaban J connectivity index is 5.23. The molecule has 0 aromatic rings. The summed E-state index contributed by atoms with van der Waals surface area (Å²) in [4.78, 5) is 72.9. The highest BCUT2D eigenvalue weighted by Crippen LogP contribution is 2.45. The average molecular weight is 1410 g/mol. The Labute approximate surface area is 588 Å². The summed E-state index contributed by atoms with van der Waals surface area (Å²) in [6.45, 7) is 7.34. The molecule has 0 fully saturated rings. The Kier molecular flexibility index (Phi) is 68.7. The maximum absolute atomic E-state index is 13.1. The Morgan fingerprint density at radius 2 is 0.479 bits per heavy atom. The smallest absolute Gasteiger partial charge is 0.462 e. The lowest BCUT2D eigenvalue weighted by Gasteiger charge is -2.21. The maximum atomic E-state index is 13.1. The summed E-state index contributed by atoms with van der Waals surface area (Å²) in [5, 5.41) is 10.6. The summed E-state index contributed by atoms with van der Waals surface area (Å²) in [6.07, 6.45) is 59.4. The van der Waals surface area contributed by atoms with E-state index in [1.165, 1.54) is 231 Å². The second-order valence-electron chi connectivity index (χ2n) is 28.2. The quantitative estimate of drug-likeness (QED) is 0.0222. The first kappa shape index (κ1) is 94.1. The third-order valence-electron chi connectivity index (χ3n) is 18.0. The largest absolute Gasteiger partial charge is 0.472 e. The summed E-state index contributed by atoms with van der Waals surface area (Å²) < 4.78 is 68.6. The molecule has 0 rings (SSSR count). The highest BCUT2D eigenvalue weighted by atomic mass is 31.2. The molecule has 0 aromatic carbocycles. The third-order valence-corrected chi connectivity index (χ3v) is 19.9. The van der Waals surface area contributed by atoms with Crippen molar-refractivity contribution in [1.29, 1.82) is 0 Å². The van der Waals surface area contributed by atoms with Crippen LogP contribution in [-0.4, -0.2) is 96.7 Å². The predicted molar refractivity (Wildman–Crippen MR) is 391 cm³/mol. The summed E-state index contributed by atoms with van der Waals surface area (Å²) in [7, 11) is -9.91. The van der Waals surface area contributed by atoms with Gasteiger partial charge in [-0.2, -0.15) is 0 Å². The van der Waals surface area contributed by atoms with Crippen LogP contribution in [-0.2, 0) is 65.4 Å². The number of carbonyl (C=O) groups is 4. The molecule has 5 atom stereocenters. The van der Waals surface area contributed by atoms with E-state index in [9.17, 15) is 43.2 Å². The van der Waals surface area contributed by atoms with Crippen LogP contribution in [0.3, 0.4) is 0 Å². The Morgan fingerprint density at radius 1 is 0.281 bits per heavy atom. The van der Waals surface area contributed by atoms with Gasteiger partial charge in [0.25, 0.3) is 0 Å². The van der Waals surface area contributed by atoms with Crippen LogP contribution in [0.15, 0.2) is 0 Å². The van der Waals surface area contributed by atoms with E-state index in [1.807, 2.05) is 0 Å². The number of hydrogen-bond donors (Lipinski definition) is 3. The molecule has 3 N–H and O–H groups in total. The molecule has 0 amide bonds. The van der Waals surface area contributed by atoms with Crippen LogP contribution in [0.4, 0.5) is 0 Å². The van der Waals surface area contributed by atoms with Crippen molar-refractivity contribution >= 4 is 39.5 Å². The van der Waals surface area contributed by atoms with E-state index in [-0.39, 0.29) is 25.7 Å². The van der Waals surface area contributed by atoms with Gasteiger partial charge < -0.3 is 33.8 Å². The van der Waals surface area contributed by atoms with Crippen LogP contribution in [0, 0.1) is 5.92 Å². The zero-order valence-electron chi connectivity index (χ0n) is 62.5. The topological polar surface area (TPSA) is 237 Å². The number of unbranched alkanes of at least 4 members (excludes halogenated alkanes) is 49. The van der Waals surface area contributed by atoms with Crippen molar-refractivity contribution in [2.24, 2.45) is 5.92 Å². The molecule has 0 bridgehead atoms. The molecule has 0 heterocycles. The Bertz CT molecular complexity index is 1840. The van der Waals surface area contributed by atoms with Crippen molar-refractivity contribution < 1.29 is 80.2 Å². The molecule has 0 saturated heterocycles. The van der Waals surface area contributed by atoms with E-state index >= 15 is 0 Å². The van der Waals surface area contributed by atoms with Gasteiger partial charge in [-0.3, -0.25) is 37.3 Å². The highest BCUT2D eigenvalue weighted by Gasteiger charge is 2.30. The van der Waals surface area contributed by atoms with Crippen molar-refractivity contribution in [3.63, 3.8) is 0 Å². The van der Waals surface area contributed by atoms with Crippen LogP contribution < -0.4 is 0 Å². The minimum absolute atomic E-state index is 0.108. The Hall–Kier alpha value is -1.94. The van der Waals surface area contributed by atoms with Gasteiger partial charge in [0.05, 0.1) is 26.4 Å². The number of aliphatic hydroxyl groups excluding tert-OH is 1. The normalized spacial score (nSPS) is 13.9. The van der Waals surface area contributed by atoms with E-state index in [1.54, 1.807) is 0 Å². The fourth-order valence-electron chi connectivity index (χ4n) is 11.9. The summed E-state index contributed by atoms with van der Waals surface area (Å²) in [5.41, 5.74) is 0. The van der Waals surface area contributed by atoms with Gasteiger partial charge in [0, 0.05) is 25.7 Å². The first-order valence-electron chi connectivity index (χ1n) is 40.1. The van der Waals surface area contributed by atoms with E-state index in [2.05, 4.69) is 34.6 Å². The van der Waals surface area contributed by atoms with E-state index < -0.39 is 97.5 Å². The number of esters is 4. The first-order chi connectivity index (χ1) is 46.5. The second-order valence-corrected chi connectivity index (χ2v) is 31.1. The summed E-state index contributed by atoms with van der Waals surface area (Å²) in [5.74, 6) is -1.30. The number of phosphoric acid groups is 2. The van der Waals surface area contributed by atoms with Gasteiger partial charge >= 0.3 is 39.5 Å². The van der Waals surface area contributed by atoms with Gasteiger partial charge in [0.1, 0.15) is 19.3 Å². The van der Waals surface area contributed by atoms with Gasteiger partial charge in [-0.25, -0.2) is 9.13 Å². The molecule has 19 heteroatoms. The number of carbonyl (C=O) groups excluding carboxylic acids is 4. The van der Waals surface area contributed by atoms with Crippen molar-refractivity contribution in [3.8, 4) is 0 Å². The molecule has 96 heavy (non-hydrogen) atoms. The number of aliphatic hydroxyl groups is 1. The lowest BCUT2D eigenvalue weighted by atomic mass is 10.0. The molecule has 2 unspecified atom stereocenters.